The number of carbonyl (C=O) groups excluding carboxylic acids is 2. The lowest BCUT2D eigenvalue weighted by Crippen LogP contribution is -2.16. The van der Waals surface area contributed by atoms with Crippen molar-refractivity contribution in [1.29, 1.82) is 0 Å². The quantitative estimate of drug-likeness (QED) is 0.787. The van der Waals surface area contributed by atoms with Crippen LogP contribution in [-0.4, -0.2) is 36.2 Å². The number of H-pyrrole nitrogens is 1. The number of carbonyl (C=O) groups is 2. The molecule has 2 aromatic rings. The standard InChI is InChI=1S/C13H11NO6/c1-19-12(17)7-5-3-4-6-8(7)10(15)9(13(18)20-2)14-11(6)16/h3-5,15H,1-2H3,(H,14,16). The third-order valence-electron chi connectivity index (χ3n) is 2.82. The zero-order valence-corrected chi connectivity index (χ0v) is 10.7. The van der Waals surface area contributed by atoms with Crippen molar-refractivity contribution in [3.05, 3.63) is 39.8 Å². The number of hydrogen-bond donors (Lipinski definition) is 2. The zero-order valence-electron chi connectivity index (χ0n) is 10.7. The minimum absolute atomic E-state index is 0.0150. The number of aromatic amines is 1. The summed E-state index contributed by atoms with van der Waals surface area (Å²) in [5.74, 6) is -2.18. The summed E-state index contributed by atoms with van der Waals surface area (Å²) < 4.78 is 9.05. The van der Waals surface area contributed by atoms with Gasteiger partial charge in [-0.15, -0.1) is 0 Å². The average molecular weight is 277 g/mol. The third kappa shape index (κ3) is 1.99. The van der Waals surface area contributed by atoms with Crippen molar-refractivity contribution in [2.45, 2.75) is 0 Å². The maximum Gasteiger partial charge on any atom is 0.358 e. The molecule has 7 heteroatoms. The summed E-state index contributed by atoms with van der Waals surface area (Å²) in [4.78, 5) is 37.3. The molecule has 1 heterocycles. The normalized spacial score (nSPS) is 10.3. The number of benzene rings is 1. The number of fused-ring (bicyclic) bond motifs is 1. The Hall–Kier alpha value is -2.83. The van der Waals surface area contributed by atoms with Crippen molar-refractivity contribution >= 4 is 22.7 Å². The molecule has 1 aromatic carbocycles. The van der Waals surface area contributed by atoms with Crippen LogP contribution in [0.4, 0.5) is 0 Å². The van der Waals surface area contributed by atoms with E-state index in [4.69, 9.17) is 0 Å². The predicted molar refractivity (Wildman–Crippen MR) is 68.9 cm³/mol. The lowest BCUT2D eigenvalue weighted by atomic mass is 10.0. The zero-order chi connectivity index (χ0) is 14.9. The number of hydrogen-bond acceptors (Lipinski definition) is 6. The maximum atomic E-state index is 11.9. The first kappa shape index (κ1) is 13.6. The number of methoxy groups -OCH3 is 2. The Kier molecular flexibility index (Phi) is 3.43. The van der Waals surface area contributed by atoms with Crippen LogP contribution >= 0.6 is 0 Å². The van der Waals surface area contributed by atoms with Gasteiger partial charge in [-0.05, 0) is 12.1 Å². The summed E-state index contributed by atoms with van der Waals surface area (Å²) in [5, 5.41) is 10.1. The Balaban J connectivity index is 2.93. The van der Waals surface area contributed by atoms with Crippen molar-refractivity contribution in [3.63, 3.8) is 0 Å². The molecule has 0 fully saturated rings. The fourth-order valence-corrected chi connectivity index (χ4v) is 1.89. The Bertz CT molecular complexity index is 761. The van der Waals surface area contributed by atoms with Gasteiger partial charge in [0.05, 0.1) is 25.2 Å². The number of pyridine rings is 1. The Labute approximate surface area is 112 Å². The Morgan fingerprint density at radius 1 is 1.15 bits per heavy atom. The number of aromatic hydroxyl groups is 1. The number of esters is 2. The van der Waals surface area contributed by atoms with Gasteiger partial charge in [0.2, 0.25) is 0 Å². The van der Waals surface area contributed by atoms with Crippen LogP contribution in [0.5, 0.6) is 5.75 Å². The fraction of sp³-hybridized carbons (Fsp3) is 0.154. The van der Waals surface area contributed by atoms with Gasteiger partial charge in [-0.2, -0.15) is 0 Å². The van der Waals surface area contributed by atoms with E-state index in [1.165, 1.54) is 25.3 Å². The molecule has 7 nitrogen and oxygen atoms in total. The van der Waals surface area contributed by atoms with E-state index in [1.54, 1.807) is 0 Å². The number of aromatic nitrogens is 1. The molecule has 0 bridgehead atoms. The van der Waals surface area contributed by atoms with Crippen LogP contribution in [-0.2, 0) is 9.47 Å². The molecule has 0 unspecified atom stereocenters. The molecule has 0 aliphatic heterocycles. The molecule has 104 valence electrons. The van der Waals surface area contributed by atoms with E-state index in [9.17, 15) is 19.5 Å². The summed E-state index contributed by atoms with van der Waals surface area (Å²) >= 11 is 0. The Morgan fingerprint density at radius 2 is 1.80 bits per heavy atom. The summed E-state index contributed by atoms with van der Waals surface area (Å²) in [6, 6.07) is 4.27. The van der Waals surface area contributed by atoms with Gasteiger partial charge in [-0.3, -0.25) is 4.79 Å². The molecule has 0 aliphatic carbocycles. The molecule has 0 saturated carbocycles. The summed E-state index contributed by atoms with van der Waals surface area (Å²) in [5.41, 5.74) is -1.05. The first-order valence-corrected chi connectivity index (χ1v) is 5.55. The van der Waals surface area contributed by atoms with E-state index in [0.29, 0.717) is 0 Å². The number of ether oxygens (including phenoxy) is 2. The number of nitrogens with one attached hydrogen (secondary N) is 1. The van der Waals surface area contributed by atoms with Crippen LogP contribution in [0.3, 0.4) is 0 Å². The van der Waals surface area contributed by atoms with E-state index in [1.807, 2.05) is 0 Å². The highest BCUT2D eigenvalue weighted by Crippen LogP contribution is 2.29. The van der Waals surface area contributed by atoms with Gasteiger partial charge in [0.15, 0.2) is 11.4 Å². The maximum absolute atomic E-state index is 11.9. The minimum atomic E-state index is -0.916. The highest BCUT2D eigenvalue weighted by Gasteiger charge is 2.22. The largest absolute Gasteiger partial charge is 0.505 e. The lowest BCUT2D eigenvalue weighted by Gasteiger charge is -2.09. The molecule has 0 atom stereocenters. The Morgan fingerprint density at radius 3 is 2.40 bits per heavy atom. The topological polar surface area (TPSA) is 106 Å². The van der Waals surface area contributed by atoms with E-state index >= 15 is 0 Å². The van der Waals surface area contributed by atoms with Crippen LogP contribution in [0.2, 0.25) is 0 Å². The van der Waals surface area contributed by atoms with E-state index in [-0.39, 0.29) is 16.3 Å². The van der Waals surface area contributed by atoms with Crippen molar-refractivity contribution in [3.8, 4) is 5.75 Å². The summed E-state index contributed by atoms with van der Waals surface area (Å²) in [7, 11) is 2.28. The third-order valence-corrected chi connectivity index (χ3v) is 2.82. The van der Waals surface area contributed by atoms with Gasteiger partial charge in [0.1, 0.15) is 0 Å². The smallest absolute Gasteiger partial charge is 0.358 e. The van der Waals surface area contributed by atoms with Crippen LogP contribution in [0.25, 0.3) is 10.8 Å². The van der Waals surface area contributed by atoms with Gasteiger partial charge in [0.25, 0.3) is 5.56 Å². The SMILES string of the molecule is COC(=O)c1[nH]c(=O)c2cccc(C(=O)OC)c2c1O. The van der Waals surface area contributed by atoms with Gasteiger partial charge < -0.3 is 19.6 Å². The van der Waals surface area contributed by atoms with Gasteiger partial charge >= 0.3 is 11.9 Å². The van der Waals surface area contributed by atoms with Crippen molar-refractivity contribution in [2.75, 3.05) is 14.2 Å². The first-order valence-electron chi connectivity index (χ1n) is 5.55. The minimum Gasteiger partial charge on any atom is -0.505 e. The van der Waals surface area contributed by atoms with E-state index in [0.717, 1.165) is 7.11 Å². The molecule has 2 rings (SSSR count). The van der Waals surface area contributed by atoms with Crippen molar-refractivity contribution in [2.24, 2.45) is 0 Å². The molecule has 2 N–H and O–H groups in total. The summed E-state index contributed by atoms with van der Waals surface area (Å²) in [6.45, 7) is 0. The molecule has 0 radical (unpaired) electrons. The van der Waals surface area contributed by atoms with Gasteiger partial charge in [0, 0.05) is 5.39 Å². The molecular weight excluding hydrogens is 266 g/mol. The lowest BCUT2D eigenvalue weighted by molar-refractivity contribution is 0.0583. The molecule has 0 spiro atoms. The molecule has 20 heavy (non-hydrogen) atoms. The van der Waals surface area contributed by atoms with Crippen LogP contribution in [0, 0.1) is 0 Å². The van der Waals surface area contributed by atoms with E-state index < -0.39 is 28.9 Å². The molecule has 0 saturated heterocycles. The second-order valence-corrected chi connectivity index (χ2v) is 3.89. The van der Waals surface area contributed by atoms with Gasteiger partial charge in [-0.25, -0.2) is 9.59 Å². The van der Waals surface area contributed by atoms with Crippen LogP contribution in [0.15, 0.2) is 23.0 Å². The van der Waals surface area contributed by atoms with Crippen LogP contribution < -0.4 is 5.56 Å². The average Bonchev–Trinajstić information content (AvgIpc) is 2.48. The number of rotatable bonds is 2. The monoisotopic (exact) mass is 277 g/mol. The molecular formula is C13H11NO6. The second-order valence-electron chi connectivity index (χ2n) is 3.89. The second kappa shape index (κ2) is 5.04. The highest BCUT2D eigenvalue weighted by molar-refractivity contribution is 6.09. The molecule has 1 aromatic heterocycles. The molecule has 0 amide bonds. The van der Waals surface area contributed by atoms with Crippen molar-refractivity contribution in [1.82, 2.24) is 4.98 Å². The van der Waals surface area contributed by atoms with Gasteiger partial charge in [-0.1, -0.05) is 6.07 Å². The van der Waals surface area contributed by atoms with Crippen LogP contribution in [0.1, 0.15) is 20.8 Å². The van der Waals surface area contributed by atoms with E-state index in [2.05, 4.69) is 14.5 Å². The fourth-order valence-electron chi connectivity index (χ4n) is 1.89. The highest BCUT2D eigenvalue weighted by atomic mass is 16.5. The van der Waals surface area contributed by atoms with Crippen molar-refractivity contribution < 1.29 is 24.2 Å². The molecule has 0 aliphatic rings. The predicted octanol–water partition coefficient (Wildman–Crippen LogP) is 0.807. The summed E-state index contributed by atoms with van der Waals surface area (Å²) in [6.07, 6.45) is 0. The first-order chi connectivity index (χ1) is 9.51.